The summed E-state index contributed by atoms with van der Waals surface area (Å²) in [6, 6.07) is 7.79. The van der Waals surface area contributed by atoms with Crippen LogP contribution in [0.1, 0.15) is 44.0 Å². The van der Waals surface area contributed by atoms with Crippen LogP contribution in [0.25, 0.3) is 10.9 Å². The van der Waals surface area contributed by atoms with Crippen molar-refractivity contribution in [2.24, 2.45) is 0 Å². The van der Waals surface area contributed by atoms with Gasteiger partial charge in [-0.2, -0.15) is 0 Å². The second kappa shape index (κ2) is 7.25. The van der Waals surface area contributed by atoms with Crippen molar-refractivity contribution in [3.63, 3.8) is 0 Å². The number of amides is 1. The van der Waals surface area contributed by atoms with Crippen molar-refractivity contribution < 1.29 is 9.59 Å². The van der Waals surface area contributed by atoms with Gasteiger partial charge in [0.1, 0.15) is 6.54 Å². The molecule has 2 rings (SSSR count). The Balaban J connectivity index is 2.38. The number of para-hydroxylation sites is 1. The van der Waals surface area contributed by atoms with Crippen LogP contribution in [-0.2, 0) is 11.3 Å². The molecule has 0 aliphatic carbocycles. The molecule has 0 fully saturated rings. The van der Waals surface area contributed by atoms with E-state index in [0.29, 0.717) is 19.5 Å². The van der Waals surface area contributed by atoms with Crippen LogP contribution in [0.3, 0.4) is 0 Å². The maximum atomic E-state index is 12.3. The molecule has 2 aromatic rings. The molecule has 0 radical (unpaired) electrons. The van der Waals surface area contributed by atoms with Gasteiger partial charge >= 0.3 is 0 Å². The molecule has 0 bridgehead atoms. The Hall–Kier alpha value is -2.10. The lowest BCUT2D eigenvalue weighted by Crippen LogP contribution is -2.33. The first kappa shape index (κ1) is 16.3. The fraction of sp³-hybridized carbons (Fsp3) is 0.444. The predicted molar refractivity (Wildman–Crippen MR) is 89.1 cm³/mol. The Bertz CT molecular complexity index is 669. The number of rotatable bonds is 7. The molecule has 0 N–H and O–H groups in total. The van der Waals surface area contributed by atoms with E-state index in [1.165, 1.54) is 0 Å². The van der Waals surface area contributed by atoms with Crippen LogP contribution in [-0.4, -0.2) is 34.2 Å². The van der Waals surface area contributed by atoms with Gasteiger partial charge in [0.25, 0.3) is 0 Å². The molecular weight excluding hydrogens is 276 g/mol. The molecule has 1 aromatic carbocycles. The lowest BCUT2D eigenvalue weighted by Gasteiger charge is -2.19. The Morgan fingerprint density at radius 1 is 1.09 bits per heavy atom. The second-order valence-corrected chi connectivity index (χ2v) is 5.43. The number of aromatic nitrogens is 1. The Morgan fingerprint density at radius 2 is 1.77 bits per heavy atom. The minimum absolute atomic E-state index is 0.0836. The van der Waals surface area contributed by atoms with Gasteiger partial charge in [0.2, 0.25) is 5.91 Å². The summed E-state index contributed by atoms with van der Waals surface area (Å²) in [6.45, 7) is 7.64. The summed E-state index contributed by atoms with van der Waals surface area (Å²) >= 11 is 0. The molecule has 1 heterocycles. The molecular formula is C18H24N2O2. The summed E-state index contributed by atoms with van der Waals surface area (Å²) in [7, 11) is 0. The minimum atomic E-state index is 0.0836. The zero-order valence-corrected chi connectivity index (χ0v) is 13.6. The lowest BCUT2D eigenvalue weighted by atomic mass is 10.1. The monoisotopic (exact) mass is 300 g/mol. The molecule has 0 spiro atoms. The van der Waals surface area contributed by atoms with Crippen LogP contribution in [0.15, 0.2) is 30.5 Å². The minimum Gasteiger partial charge on any atom is -0.342 e. The summed E-state index contributed by atoms with van der Waals surface area (Å²) in [5.41, 5.74) is 1.67. The predicted octanol–water partition coefficient (Wildman–Crippen LogP) is 3.49. The number of benzene rings is 1. The molecule has 0 unspecified atom stereocenters. The number of ketones is 1. The van der Waals surface area contributed by atoms with Gasteiger partial charge in [-0.25, -0.2) is 0 Å². The van der Waals surface area contributed by atoms with Gasteiger partial charge in [0.05, 0.1) is 0 Å². The van der Waals surface area contributed by atoms with Gasteiger partial charge in [-0.05, 0) is 26.3 Å². The molecule has 1 aromatic heterocycles. The summed E-state index contributed by atoms with van der Waals surface area (Å²) in [4.78, 5) is 26.4. The van der Waals surface area contributed by atoms with E-state index in [1.807, 2.05) is 60.7 Å². The number of fused-ring (bicyclic) bond motifs is 1. The van der Waals surface area contributed by atoms with Crippen LogP contribution in [0.5, 0.6) is 0 Å². The summed E-state index contributed by atoms with van der Waals surface area (Å²) in [5.74, 6) is 0.230. The molecule has 0 aliphatic rings. The SMILES string of the molecule is CCCC(=O)c1cn(CC(=O)N(CC)CC)c2ccccc12. The van der Waals surface area contributed by atoms with Crippen LogP contribution in [0.4, 0.5) is 0 Å². The topological polar surface area (TPSA) is 42.3 Å². The first-order valence-electron chi connectivity index (χ1n) is 8.01. The number of carbonyl (C=O) groups excluding carboxylic acids is 2. The Labute approximate surface area is 131 Å². The molecule has 1 amide bonds. The first-order chi connectivity index (χ1) is 10.6. The van der Waals surface area contributed by atoms with Crippen molar-refractivity contribution in [2.75, 3.05) is 13.1 Å². The van der Waals surface area contributed by atoms with Crippen molar-refractivity contribution in [1.29, 1.82) is 0 Å². The second-order valence-electron chi connectivity index (χ2n) is 5.43. The van der Waals surface area contributed by atoms with Gasteiger partial charge in [-0.1, -0.05) is 25.1 Å². The highest BCUT2D eigenvalue weighted by Gasteiger charge is 2.17. The van der Waals surface area contributed by atoms with E-state index in [4.69, 9.17) is 0 Å². The van der Waals surface area contributed by atoms with Gasteiger partial charge in [-0.15, -0.1) is 0 Å². The highest BCUT2D eigenvalue weighted by Crippen LogP contribution is 2.23. The van der Waals surface area contributed by atoms with Crippen molar-refractivity contribution >= 4 is 22.6 Å². The Morgan fingerprint density at radius 3 is 2.41 bits per heavy atom. The lowest BCUT2D eigenvalue weighted by molar-refractivity contribution is -0.131. The van der Waals surface area contributed by atoms with Crippen LogP contribution >= 0.6 is 0 Å². The molecule has 0 saturated heterocycles. The number of likely N-dealkylation sites (N-methyl/N-ethyl adjacent to an activating group) is 1. The number of Topliss-reactive ketones (excluding diaryl/α,β-unsaturated/α-hetero) is 1. The van der Waals surface area contributed by atoms with Crippen LogP contribution in [0, 0.1) is 0 Å². The van der Waals surface area contributed by atoms with Crippen molar-refractivity contribution in [3.8, 4) is 0 Å². The summed E-state index contributed by atoms with van der Waals surface area (Å²) in [5, 5.41) is 0.938. The normalized spacial score (nSPS) is 10.9. The third kappa shape index (κ3) is 3.21. The third-order valence-corrected chi connectivity index (χ3v) is 3.99. The zero-order chi connectivity index (χ0) is 16.1. The van der Waals surface area contributed by atoms with Crippen LogP contribution in [0.2, 0.25) is 0 Å². The molecule has 118 valence electrons. The van der Waals surface area contributed by atoms with E-state index in [1.54, 1.807) is 0 Å². The number of nitrogens with zero attached hydrogens (tertiary/aromatic N) is 2. The number of hydrogen-bond donors (Lipinski definition) is 0. The average Bonchev–Trinajstić information content (AvgIpc) is 2.88. The smallest absolute Gasteiger partial charge is 0.242 e. The van der Waals surface area contributed by atoms with E-state index in [2.05, 4.69) is 0 Å². The summed E-state index contributed by atoms with van der Waals surface area (Å²) in [6.07, 6.45) is 3.21. The van der Waals surface area contributed by atoms with Crippen LogP contribution < -0.4 is 0 Å². The van der Waals surface area contributed by atoms with Gasteiger partial charge in [-0.3, -0.25) is 9.59 Å². The van der Waals surface area contributed by atoms with Crippen molar-refractivity contribution in [3.05, 3.63) is 36.0 Å². The Kier molecular flexibility index (Phi) is 5.36. The molecule has 4 nitrogen and oxygen atoms in total. The standard InChI is InChI=1S/C18H24N2O2/c1-4-9-17(21)15-12-20(13-18(22)19(5-2)6-3)16-11-8-7-10-14(15)16/h7-8,10-12H,4-6,9,13H2,1-3H3. The van der Waals surface area contributed by atoms with Crippen molar-refractivity contribution in [1.82, 2.24) is 9.47 Å². The average molecular weight is 300 g/mol. The number of hydrogen-bond acceptors (Lipinski definition) is 2. The fourth-order valence-electron chi connectivity index (χ4n) is 2.78. The molecule has 0 atom stereocenters. The maximum Gasteiger partial charge on any atom is 0.242 e. The summed E-state index contributed by atoms with van der Waals surface area (Å²) < 4.78 is 1.90. The number of carbonyl (C=O) groups is 2. The molecule has 0 saturated carbocycles. The van der Waals surface area contributed by atoms with Gasteiger partial charge in [0, 0.05) is 42.2 Å². The molecule has 4 heteroatoms. The van der Waals surface area contributed by atoms with Crippen molar-refractivity contribution in [2.45, 2.75) is 40.2 Å². The molecule has 22 heavy (non-hydrogen) atoms. The zero-order valence-electron chi connectivity index (χ0n) is 13.6. The highest BCUT2D eigenvalue weighted by atomic mass is 16.2. The van der Waals surface area contributed by atoms with Gasteiger partial charge in [0.15, 0.2) is 5.78 Å². The highest BCUT2D eigenvalue weighted by molar-refractivity contribution is 6.08. The largest absolute Gasteiger partial charge is 0.342 e. The molecule has 0 aliphatic heterocycles. The maximum absolute atomic E-state index is 12.3. The van der Waals surface area contributed by atoms with E-state index in [-0.39, 0.29) is 18.2 Å². The third-order valence-electron chi connectivity index (χ3n) is 3.99. The fourth-order valence-corrected chi connectivity index (χ4v) is 2.78. The quantitative estimate of drug-likeness (QED) is 0.735. The van der Waals surface area contributed by atoms with E-state index in [0.717, 1.165) is 22.9 Å². The van der Waals surface area contributed by atoms with E-state index >= 15 is 0 Å². The van der Waals surface area contributed by atoms with Gasteiger partial charge < -0.3 is 9.47 Å². The van der Waals surface area contributed by atoms with E-state index < -0.39 is 0 Å². The first-order valence-corrected chi connectivity index (χ1v) is 8.01. The van der Waals surface area contributed by atoms with E-state index in [9.17, 15) is 9.59 Å².